The molecule has 3 heterocycles. The minimum Gasteiger partial charge on any atom is -0.507 e. The number of thioether (sulfide) groups is 1. The maximum Gasteiger partial charge on any atom is 0.412 e. The molecule has 2 aliphatic rings. The second kappa shape index (κ2) is 13.7. The number of nitrogens with one attached hydrogen (secondary N) is 1. The fraction of sp³-hybridized carbons (Fsp3) is 0.455. The molecule has 5 rings (SSSR count). The number of pyridine rings is 1. The first kappa shape index (κ1) is 31.3. The Hall–Kier alpha value is -3.08. The number of halogens is 3. The fourth-order valence-electron chi connectivity index (χ4n) is 6.42. The van der Waals surface area contributed by atoms with E-state index in [1.54, 1.807) is 24.5 Å². The van der Waals surface area contributed by atoms with Gasteiger partial charge < -0.3 is 15.3 Å². The largest absolute Gasteiger partial charge is 0.507 e. The SMILES string of the molecule is C=CCc1nc2cc(O)c(SC)cc2c(C(=O)N[C@H](c2ccccc2)C(F)(F)F)c1CN1CCC(N2CCCCC2)CC1. The van der Waals surface area contributed by atoms with E-state index in [9.17, 15) is 23.1 Å². The molecule has 2 fully saturated rings. The van der Waals surface area contributed by atoms with Crippen molar-refractivity contribution >= 4 is 28.6 Å². The van der Waals surface area contributed by atoms with E-state index < -0.39 is 18.1 Å². The van der Waals surface area contributed by atoms with Gasteiger partial charge in [0.1, 0.15) is 5.75 Å². The summed E-state index contributed by atoms with van der Waals surface area (Å²) >= 11 is 1.29. The van der Waals surface area contributed by atoms with E-state index >= 15 is 0 Å². The molecule has 0 bridgehead atoms. The zero-order chi connectivity index (χ0) is 30.6. The van der Waals surface area contributed by atoms with Crippen molar-refractivity contribution in [1.29, 1.82) is 0 Å². The van der Waals surface area contributed by atoms with E-state index in [0.717, 1.165) is 39.0 Å². The lowest BCUT2D eigenvalue weighted by atomic mass is 9.95. The number of amides is 1. The van der Waals surface area contributed by atoms with Gasteiger partial charge in [0.05, 0.1) is 16.8 Å². The van der Waals surface area contributed by atoms with Gasteiger partial charge in [-0.1, -0.05) is 42.8 Å². The number of aromatic nitrogens is 1. The molecule has 0 radical (unpaired) electrons. The van der Waals surface area contributed by atoms with Crippen molar-refractivity contribution in [1.82, 2.24) is 20.1 Å². The molecule has 1 aromatic heterocycles. The minimum absolute atomic E-state index is 0.00778. The summed E-state index contributed by atoms with van der Waals surface area (Å²) in [6, 6.07) is 8.91. The number of fused-ring (bicyclic) bond motifs is 1. The molecule has 2 saturated heterocycles. The minimum atomic E-state index is -4.71. The van der Waals surface area contributed by atoms with Gasteiger partial charge in [0.2, 0.25) is 0 Å². The van der Waals surface area contributed by atoms with Crippen LogP contribution in [-0.4, -0.2) is 70.5 Å². The van der Waals surface area contributed by atoms with Crippen LogP contribution in [0.15, 0.2) is 60.0 Å². The van der Waals surface area contributed by atoms with Gasteiger partial charge in [-0.2, -0.15) is 13.2 Å². The number of allylic oxidation sites excluding steroid dienone is 1. The molecule has 2 N–H and O–H groups in total. The Balaban J connectivity index is 1.54. The number of hydrogen-bond donors (Lipinski definition) is 2. The van der Waals surface area contributed by atoms with Gasteiger partial charge in [-0.05, 0) is 69.7 Å². The van der Waals surface area contributed by atoms with Crippen LogP contribution in [0.1, 0.15) is 65.3 Å². The third-order valence-corrected chi connectivity index (χ3v) is 9.39. The molecule has 1 atom stereocenters. The Morgan fingerprint density at radius 3 is 2.47 bits per heavy atom. The van der Waals surface area contributed by atoms with Crippen molar-refractivity contribution in [2.75, 3.05) is 32.4 Å². The molecule has 0 spiro atoms. The Kier molecular flexibility index (Phi) is 9.99. The molecule has 0 saturated carbocycles. The number of carbonyl (C=O) groups is 1. The normalized spacial score (nSPS) is 18.0. The lowest BCUT2D eigenvalue weighted by Crippen LogP contribution is -2.46. The van der Waals surface area contributed by atoms with Crippen LogP contribution >= 0.6 is 11.8 Å². The molecule has 0 unspecified atom stereocenters. The predicted molar refractivity (Wildman–Crippen MR) is 166 cm³/mol. The molecule has 230 valence electrons. The number of nitrogens with zero attached hydrogens (tertiary/aromatic N) is 3. The first-order valence-electron chi connectivity index (χ1n) is 14.9. The highest BCUT2D eigenvalue weighted by Gasteiger charge is 2.42. The summed E-state index contributed by atoms with van der Waals surface area (Å²) in [5, 5.41) is 13.3. The molecule has 6 nitrogen and oxygen atoms in total. The first-order valence-corrected chi connectivity index (χ1v) is 16.1. The number of hydrogen-bond acceptors (Lipinski definition) is 6. The van der Waals surface area contributed by atoms with Gasteiger partial charge in [-0.15, -0.1) is 18.3 Å². The first-order chi connectivity index (χ1) is 20.7. The van der Waals surface area contributed by atoms with Crippen LogP contribution < -0.4 is 5.32 Å². The lowest BCUT2D eigenvalue weighted by Gasteiger charge is -2.40. The number of likely N-dealkylation sites (tertiary alicyclic amines) is 2. The van der Waals surface area contributed by atoms with Crippen molar-refractivity contribution in [2.24, 2.45) is 0 Å². The lowest BCUT2D eigenvalue weighted by molar-refractivity contribution is -0.155. The van der Waals surface area contributed by atoms with Gasteiger partial charge in [-0.25, -0.2) is 0 Å². The van der Waals surface area contributed by atoms with Crippen LogP contribution in [0, 0.1) is 0 Å². The highest BCUT2D eigenvalue weighted by molar-refractivity contribution is 7.98. The quantitative estimate of drug-likeness (QED) is 0.203. The summed E-state index contributed by atoms with van der Waals surface area (Å²) < 4.78 is 43.0. The number of phenols is 1. The summed E-state index contributed by atoms with van der Waals surface area (Å²) in [7, 11) is 0. The number of piperidine rings is 2. The number of phenolic OH excluding ortho intramolecular Hbond substituents is 1. The van der Waals surface area contributed by atoms with E-state index in [-0.39, 0.29) is 16.9 Å². The molecule has 10 heteroatoms. The molecular weight excluding hydrogens is 573 g/mol. The smallest absolute Gasteiger partial charge is 0.412 e. The summed E-state index contributed by atoms with van der Waals surface area (Å²) in [4.78, 5) is 24.3. The Bertz CT molecular complexity index is 1440. The third-order valence-electron chi connectivity index (χ3n) is 8.62. The number of rotatable bonds is 9. The Morgan fingerprint density at radius 1 is 1.14 bits per heavy atom. The van der Waals surface area contributed by atoms with Crippen molar-refractivity contribution in [3.8, 4) is 5.75 Å². The number of alkyl halides is 3. The molecule has 1 amide bonds. The van der Waals surface area contributed by atoms with Crippen molar-refractivity contribution in [3.63, 3.8) is 0 Å². The Labute approximate surface area is 255 Å². The topological polar surface area (TPSA) is 68.7 Å². The maximum atomic E-state index is 14.3. The fourth-order valence-corrected chi connectivity index (χ4v) is 6.92. The van der Waals surface area contributed by atoms with Gasteiger partial charge >= 0.3 is 6.18 Å². The summed E-state index contributed by atoms with van der Waals surface area (Å²) in [6.45, 7) is 8.19. The standard InChI is InChI=1S/C33H39F3N4O2S/c1-3-10-26-25(21-39-17-13-23(14-18-39)40-15-8-5-9-16-40)30(24-19-29(43-2)28(41)20-27(24)37-26)32(42)38-31(33(34,35)36)22-11-6-4-7-12-22/h3-4,6-7,11-12,19-20,23,31,41H,1,5,8-10,13-18,21H2,2H3,(H,38,42)/t31-/m1/s1. The van der Waals surface area contributed by atoms with Gasteiger partial charge in [-0.3, -0.25) is 14.7 Å². The van der Waals surface area contributed by atoms with Gasteiger partial charge in [0.15, 0.2) is 6.04 Å². The predicted octanol–water partition coefficient (Wildman–Crippen LogP) is 6.87. The number of aromatic hydroxyl groups is 1. The van der Waals surface area contributed by atoms with Crippen molar-refractivity contribution < 1.29 is 23.1 Å². The number of carbonyl (C=O) groups excluding carboxylic acids is 1. The summed E-state index contributed by atoms with van der Waals surface area (Å²) in [6.07, 6.45) is 4.89. The molecule has 3 aromatic rings. The summed E-state index contributed by atoms with van der Waals surface area (Å²) in [5.74, 6) is -0.812. The zero-order valence-corrected chi connectivity index (χ0v) is 25.3. The molecule has 2 aliphatic heterocycles. The maximum absolute atomic E-state index is 14.3. The zero-order valence-electron chi connectivity index (χ0n) is 24.5. The third kappa shape index (κ3) is 7.19. The average molecular weight is 613 g/mol. The van der Waals surface area contributed by atoms with Crippen LogP contribution in [0.25, 0.3) is 10.9 Å². The average Bonchev–Trinajstić information content (AvgIpc) is 3.00. The van der Waals surface area contributed by atoms with E-state index in [2.05, 4.69) is 21.7 Å². The molecule has 43 heavy (non-hydrogen) atoms. The summed E-state index contributed by atoms with van der Waals surface area (Å²) in [5.41, 5.74) is 1.66. The van der Waals surface area contributed by atoms with Crippen LogP contribution in [0.3, 0.4) is 0 Å². The Morgan fingerprint density at radius 2 is 1.84 bits per heavy atom. The number of benzene rings is 2. The van der Waals surface area contributed by atoms with Gasteiger partial charge in [0.25, 0.3) is 5.91 Å². The van der Waals surface area contributed by atoms with E-state index in [1.807, 2.05) is 0 Å². The van der Waals surface area contributed by atoms with E-state index in [4.69, 9.17) is 4.98 Å². The molecule has 0 aliphatic carbocycles. The van der Waals surface area contributed by atoms with Crippen LogP contribution in [0.4, 0.5) is 13.2 Å². The second-order valence-corrected chi connectivity index (χ2v) is 12.3. The van der Waals surface area contributed by atoms with E-state index in [1.165, 1.54) is 61.4 Å². The van der Waals surface area contributed by atoms with Crippen molar-refractivity contribution in [2.45, 2.75) is 68.2 Å². The second-order valence-electron chi connectivity index (χ2n) is 11.4. The monoisotopic (exact) mass is 612 g/mol. The van der Waals surface area contributed by atoms with Crippen LogP contribution in [0.2, 0.25) is 0 Å². The van der Waals surface area contributed by atoms with Crippen molar-refractivity contribution in [3.05, 3.63) is 77.5 Å². The molecular formula is C33H39F3N4O2S. The highest BCUT2D eigenvalue weighted by atomic mass is 32.2. The molecule has 2 aromatic carbocycles. The van der Waals surface area contributed by atoms with Crippen LogP contribution in [-0.2, 0) is 13.0 Å². The van der Waals surface area contributed by atoms with Crippen LogP contribution in [0.5, 0.6) is 5.75 Å². The van der Waals surface area contributed by atoms with E-state index in [0.29, 0.717) is 46.1 Å². The van der Waals surface area contributed by atoms with Gasteiger partial charge in [0, 0.05) is 40.9 Å². The highest BCUT2D eigenvalue weighted by Crippen LogP contribution is 2.37.